The number of aromatic nitrogens is 1. The number of carbonyl (C=O) groups is 1. The van der Waals surface area contributed by atoms with Gasteiger partial charge < -0.3 is 23.8 Å². The number of hydrogen-bond donors (Lipinski definition) is 0. The van der Waals surface area contributed by atoms with Gasteiger partial charge in [-0.1, -0.05) is 5.16 Å². The molecule has 0 N–H and O–H groups in total. The van der Waals surface area contributed by atoms with Crippen LogP contribution in [0.4, 0.5) is 0 Å². The van der Waals surface area contributed by atoms with Crippen LogP contribution in [0.1, 0.15) is 37.3 Å². The Morgan fingerprint density at radius 3 is 2.33 bits per heavy atom. The highest BCUT2D eigenvalue weighted by Gasteiger charge is 2.18. The van der Waals surface area contributed by atoms with Crippen molar-refractivity contribution in [3.63, 3.8) is 0 Å². The highest BCUT2D eigenvalue weighted by Crippen LogP contribution is 2.38. The zero-order valence-corrected chi connectivity index (χ0v) is 17.8. The molecule has 0 aliphatic carbocycles. The Balaban J connectivity index is 2.21. The van der Waals surface area contributed by atoms with Gasteiger partial charge in [0.1, 0.15) is 12.3 Å². The number of rotatable bonds is 12. The van der Waals surface area contributed by atoms with E-state index in [1.807, 2.05) is 12.1 Å². The molecular weight excluding hydrogens is 388 g/mol. The number of hydrogen-bond acceptors (Lipinski definition) is 8. The normalized spacial score (nSPS) is 11.0. The van der Waals surface area contributed by atoms with Gasteiger partial charge in [0, 0.05) is 29.9 Å². The van der Waals surface area contributed by atoms with Crippen LogP contribution in [0.25, 0.3) is 0 Å². The van der Waals surface area contributed by atoms with Gasteiger partial charge in [-0.05, 0) is 44.0 Å². The summed E-state index contributed by atoms with van der Waals surface area (Å²) in [6.07, 6.45) is 5.10. The molecule has 162 valence electrons. The maximum atomic E-state index is 11.4. The smallest absolute Gasteiger partial charge is 0.305 e. The average Bonchev–Trinajstić information content (AvgIpc) is 2.78. The Hall–Kier alpha value is -3.29. The molecule has 1 aromatic carbocycles. The molecule has 0 amide bonds. The van der Waals surface area contributed by atoms with Gasteiger partial charge >= 0.3 is 5.97 Å². The predicted octanol–water partition coefficient (Wildman–Crippen LogP) is 3.61. The largest absolute Gasteiger partial charge is 0.493 e. The Labute approximate surface area is 176 Å². The monoisotopic (exact) mass is 416 g/mol. The van der Waals surface area contributed by atoms with E-state index in [9.17, 15) is 4.79 Å². The zero-order valence-electron chi connectivity index (χ0n) is 17.8. The van der Waals surface area contributed by atoms with Crippen molar-refractivity contribution in [2.24, 2.45) is 5.16 Å². The summed E-state index contributed by atoms with van der Waals surface area (Å²) in [5, 5.41) is 4.33. The van der Waals surface area contributed by atoms with E-state index in [0.717, 1.165) is 11.1 Å². The highest BCUT2D eigenvalue weighted by molar-refractivity contribution is 6.13. The molecule has 0 spiro atoms. The van der Waals surface area contributed by atoms with Crippen molar-refractivity contribution in [2.45, 2.75) is 26.2 Å². The molecule has 0 unspecified atom stereocenters. The molecular formula is C22H28N2O6. The fourth-order valence-electron chi connectivity index (χ4n) is 2.77. The quantitative estimate of drug-likeness (QED) is 0.226. The Bertz CT molecular complexity index is 814. The molecule has 0 atom stereocenters. The van der Waals surface area contributed by atoms with Crippen molar-refractivity contribution in [2.75, 3.05) is 34.5 Å². The zero-order chi connectivity index (χ0) is 21.8. The molecule has 1 heterocycles. The molecule has 0 saturated carbocycles. The lowest BCUT2D eigenvalue weighted by Gasteiger charge is -2.15. The maximum Gasteiger partial charge on any atom is 0.305 e. The lowest BCUT2D eigenvalue weighted by Crippen LogP contribution is -2.08. The van der Waals surface area contributed by atoms with E-state index >= 15 is 0 Å². The van der Waals surface area contributed by atoms with Crippen LogP contribution in [0.5, 0.6) is 17.2 Å². The summed E-state index contributed by atoms with van der Waals surface area (Å²) < 4.78 is 21.2. The van der Waals surface area contributed by atoms with E-state index in [4.69, 9.17) is 23.8 Å². The lowest BCUT2D eigenvalue weighted by molar-refractivity contribution is -0.143. The predicted molar refractivity (Wildman–Crippen MR) is 112 cm³/mol. The Morgan fingerprint density at radius 2 is 1.77 bits per heavy atom. The second-order valence-corrected chi connectivity index (χ2v) is 6.19. The van der Waals surface area contributed by atoms with Gasteiger partial charge in [0.2, 0.25) is 5.75 Å². The molecule has 2 aromatic rings. The average molecular weight is 416 g/mol. The minimum absolute atomic E-state index is 0.200. The number of carbonyl (C=O) groups excluding carboxylic acids is 1. The van der Waals surface area contributed by atoms with Crippen molar-refractivity contribution < 1.29 is 28.6 Å². The molecule has 0 aliphatic heterocycles. The Morgan fingerprint density at radius 1 is 1.03 bits per heavy atom. The molecule has 0 radical (unpaired) electrons. The summed E-state index contributed by atoms with van der Waals surface area (Å²) in [5.74, 6) is 1.32. The van der Waals surface area contributed by atoms with E-state index in [1.54, 1.807) is 52.8 Å². The van der Waals surface area contributed by atoms with E-state index in [-0.39, 0.29) is 5.97 Å². The van der Waals surface area contributed by atoms with Crippen molar-refractivity contribution in [3.05, 3.63) is 47.8 Å². The van der Waals surface area contributed by atoms with Gasteiger partial charge in [-0.2, -0.15) is 0 Å². The third-order valence-corrected chi connectivity index (χ3v) is 4.20. The van der Waals surface area contributed by atoms with Crippen molar-refractivity contribution in [3.8, 4) is 17.2 Å². The van der Waals surface area contributed by atoms with Gasteiger partial charge in [0.05, 0.1) is 27.9 Å². The van der Waals surface area contributed by atoms with Crippen molar-refractivity contribution in [1.29, 1.82) is 0 Å². The highest BCUT2D eigenvalue weighted by atomic mass is 16.6. The Kier molecular flexibility index (Phi) is 9.44. The van der Waals surface area contributed by atoms with Crippen molar-refractivity contribution >= 4 is 11.7 Å². The molecule has 8 heteroatoms. The van der Waals surface area contributed by atoms with Gasteiger partial charge in [0.25, 0.3) is 0 Å². The van der Waals surface area contributed by atoms with Crippen LogP contribution < -0.4 is 14.2 Å². The first-order valence-corrected chi connectivity index (χ1v) is 9.70. The van der Waals surface area contributed by atoms with E-state index in [2.05, 4.69) is 10.1 Å². The summed E-state index contributed by atoms with van der Waals surface area (Å²) in [6.45, 7) is 2.55. The first-order chi connectivity index (χ1) is 14.6. The molecule has 0 fully saturated rings. The minimum Gasteiger partial charge on any atom is -0.493 e. The van der Waals surface area contributed by atoms with E-state index < -0.39 is 0 Å². The lowest BCUT2D eigenvalue weighted by atomic mass is 10.0. The molecule has 0 saturated heterocycles. The van der Waals surface area contributed by atoms with Crippen LogP contribution >= 0.6 is 0 Å². The number of esters is 1. The summed E-state index contributed by atoms with van der Waals surface area (Å²) in [6, 6.07) is 7.32. The second-order valence-electron chi connectivity index (χ2n) is 6.19. The van der Waals surface area contributed by atoms with Gasteiger partial charge in [-0.15, -0.1) is 0 Å². The van der Waals surface area contributed by atoms with Crippen LogP contribution in [0.2, 0.25) is 0 Å². The summed E-state index contributed by atoms with van der Waals surface area (Å²) in [7, 11) is 4.67. The number of unbranched alkanes of at least 4 members (excludes halogenated alkanes) is 1. The van der Waals surface area contributed by atoms with Gasteiger partial charge in [-0.3, -0.25) is 9.78 Å². The second kappa shape index (κ2) is 12.3. The fraction of sp³-hybridized carbons (Fsp3) is 0.409. The summed E-state index contributed by atoms with van der Waals surface area (Å²) >= 11 is 0. The third kappa shape index (κ3) is 6.37. The van der Waals surface area contributed by atoms with E-state index in [1.165, 1.54) is 0 Å². The number of pyridine rings is 1. The van der Waals surface area contributed by atoms with Crippen LogP contribution in [-0.2, 0) is 14.4 Å². The van der Waals surface area contributed by atoms with Crippen LogP contribution in [0.3, 0.4) is 0 Å². The SMILES string of the molecule is CCOC(=O)CCCCO/N=C(/c1cccnc1)c1cc(OC)c(OC)c(OC)c1. The number of benzene rings is 1. The topological polar surface area (TPSA) is 88.5 Å². The summed E-state index contributed by atoms with van der Waals surface area (Å²) in [4.78, 5) is 21.1. The molecule has 1 aromatic heterocycles. The first kappa shape index (κ1) is 23.0. The number of methoxy groups -OCH3 is 3. The molecule has 0 aliphatic rings. The maximum absolute atomic E-state index is 11.4. The third-order valence-electron chi connectivity index (χ3n) is 4.20. The summed E-state index contributed by atoms with van der Waals surface area (Å²) in [5.41, 5.74) is 2.08. The fourth-order valence-corrected chi connectivity index (χ4v) is 2.77. The molecule has 0 bridgehead atoms. The van der Waals surface area contributed by atoms with Gasteiger partial charge in [0.15, 0.2) is 11.5 Å². The van der Waals surface area contributed by atoms with Crippen LogP contribution in [0.15, 0.2) is 41.8 Å². The van der Waals surface area contributed by atoms with Gasteiger partial charge in [-0.25, -0.2) is 0 Å². The molecule has 30 heavy (non-hydrogen) atoms. The minimum atomic E-state index is -0.200. The number of nitrogens with zero attached hydrogens (tertiary/aromatic N) is 2. The molecule has 2 rings (SSSR count). The number of oxime groups is 1. The van der Waals surface area contributed by atoms with Crippen molar-refractivity contribution in [1.82, 2.24) is 4.98 Å². The van der Waals surface area contributed by atoms with Crippen LogP contribution in [-0.4, -0.2) is 51.2 Å². The van der Waals surface area contributed by atoms with E-state index in [0.29, 0.717) is 55.4 Å². The van der Waals surface area contributed by atoms with Crippen LogP contribution in [0, 0.1) is 0 Å². The first-order valence-electron chi connectivity index (χ1n) is 9.70. The number of ether oxygens (including phenoxy) is 4. The standard InChI is InChI=1S/C22H28N2O6/c1-5-29-20(25)10-6-7-12-30-24-21(16-9-8-11-23-15-16)17-13-18(26-2)22(28-4)19(14-17)27-3/h8-9,11,13-15H,5-7,10,12H2,1-4H3/b24-21-. The molecule has 8 nitrogen and oxygen atoms in total.